The molecule has 110 valence electrons. The number of aryl methyl sites for hydroxylation is 3. The number of nitrogens with one attached hydrogen (secondary N) is 2. The molecule has 0 aliphatic heterocycles. The highest BCUT2D eigenvalue weighted by Gasteiger charge is 2.10. The van der Waals surface area contributed by atoms with Crippen LogP contribution in [0, 0.1) is 20.8 Å². The third-order valence-corrected chi connectivity index (χ3v) is 3.17. The van der Waals surface area contributed by atoms with Crippen LogP contribution in [0.1, 0.15) is 34.2 Å². The van der Waals surface area contributed by atoms with E-state index < -0.39 is 0 Å². The Bertz CT molecular complexity index is 669. The fourth-order valence-corrected chi connectivity index (χ4v) is 1.88. The summed E-state index contributed by atoms with van der Waals surface area (Å²) >= 11 is 0. The van der Waals surface area contributed by atoms with Crippen LogP contribution in [-0.2, 0) is 0 Å². The maximum atomic E-state index is 12.2. The van der Waals surface area contributed by atoms with Crippen LogP contribution in [0.4, 0.5) is 11.6 Å². The quantitative estimate of drug-likeness (QED) is 0.902. The minimum atomic E-state index is -0.244. The predicted molar refractivity (Wildman–Crippen MR) is 82.6 cm³/mol. The third-order valence-electron chi connectivity index (χ3n) is 3.17. The van der Waals surface area contributed by atoms with Crippen LogP contribution in [0.3, 0.4) is 0 Å². The van der Waals surface area contributed by atoms with Crippen LogP contribution in [0.5, 0.6) is 0 Å². The molecule has 0 fully saturated rings. The number of carbonyl (C=O) groups is 1. The van der Waals surface area contributed by atoms with Gasteiger partial charge in [0.05, 0.1) is 11.4 Å². The molecule has 0 saturated heterocycles. The smallest absolute Gasteiger partial charge is 0.258 e. The van der Waals surface area contributed by atoms with E-state index >= 15 is 0 Å². The average Bonchev–Trinajstić information content (AvgIpc) is 2.45. The van der Waals surface area contributed by atoms with Crippen LogP contribution >= 0.6 is 0 Å². The lowest BCUT2D eigenvalue weighted by Crippen LogP contribution is -2.16. The molecule has 0 atom stereocenters. The van der Waals surface area contributed by atoms with Gasteiger partial charge < -0.3 is 5.32 Å². The Morgan fingerprint density at radius 2 is 1.90 bits per heavy atom. The Hall–Kier alpha value is -2.50. The van der Waals surface area contributed by atoms with E-state index in [2.05, 4.69) is 25.8 Å². The maximum absolute atomic E-state index is 12.2. The zero-order chi connectivity index (χ0) is 15.4. The number of aromatic nitrogens is 3. The summed E-state index contributed by atoms with van der Waals surface area (Å²) in [5, 5.41) is 13.7. The Labute approximate surface area is 124 Å². The fraction of sp³-hybridized carbons (Fsp3) is 0.333. The Morgan fingerprint density at radius 3 is 2.52 bits per heavy atom. The summed E-state index contributed by atoms with van der Waals surface area (Å²) in [5.74, 6) is -0.0253. The molecule has 21 heavy (non-hydrogen) atoms. The number of nitrogens with zero attached hydrogens (tertiary/aromatic N) is 3. The first-order chi connectivity index (χ1) is 10.0. The van der Waals surface area contributed by atoms with Gasteiger partial charge in [-0.05, 0) is 51.5 Å². The zero-order valence-corrected chi connectivity index (χ0v) is 12.7. The summed E-state index contributed by atoms with van der Waals surface area (Å²) in [7, 11) is 0. The summed E-state index contributed by atoms with van der Waals surface area (Å²) in [6.07, 6.45) is 0. The van der Waals surface area contributed by atoms with Crippen molar-refractivity contribution in [1.82, 2.24) is 15.2 Å². The Morgan fingerprint density at radius 1 is 1.14 bits per heavy atom. The van der Waals surface area contributed by atoms with E-state index in [1.165, 1.54) is 0 Å². The van der Waals surface area contributed by atoms with Gasteiger partial charge in [-0.15, -0.1) is 5.10 Å². The van der Waals surface area contributed by atoms with Crippen molar-refractivity contribution >= 4 is 17.5 Å². The van der Waals surface area contributed by atoms with Crippen LogP contribution < -0.4 is 10.6 Å². The first-order valence-corrected chi connectivity index (χ1v) is 6.85. The first kappa shape index (κ1) is 14.9. The molecule has 6 nitrogen and oxygen atoms in total. The molecule has 1 aromatic heterocycles. The molecule has 2 aromatic rings. The highest BCUT2D eigenvalue weighted by molar-refractivity contribution is 6.03. The minimum absolute atomic E-state index is 0.219. The van der Waals surface area contributed by atoms with Gasteiger partial charge in [-0.2, -0.15) is 5.10 Å². The highest BCUT2D eigenvalue weighted by atomic mass is 16.1. The fourth-order valence-electron chi connectivity index (χ4n) is 1.88. The molecule has 0 aliphatic rings. The third kappa shape index (κ3) is 3.53. The summed E-state index contributed by atoms with van der Waals surface area (Å²) in [4.78, 5) is 16.4. The summed E-state index contributed by atoms with van der Waals surface area (Å²) < 4.78 is 0. The van der Waals surface area contributed by atoms with Gasteiger partial charge in [-0.1, -0.05) is 0 Å². The van der Waals surface area contributed by atoms with Crippen molar-refractivity contribution in [3.05, 3.63) is 40.7 Å². The van der Waals surface area contributed by atoms with Crippen molar-refractivity contribution in [3.8, 4) is 0 Å². The predicted octanol–water partition coefficient (Wildman–Crippen LogP) is 2.48. The van der Waals surface area contributed by atoms with E-state index in [9.17, 15) is 4.79 Å². The normalized spacial score (nSPS) is 10.3. The van der Waals surface area contributed by atoms with Crippen molar-refractivity contribution in [1.29, 1.82) is 0 Å². The van der Waals surface area contributed by atoms with E-state index in [0.29, 0.717) is 5.56 Å². The SMILES string of the molecule is CCNc1ccc(C(=O)Nc2nnc(C)c(C)n2)cc1C. The van der Waals surface area contributed by atoms with Crippen LogP contribution in [0.25, 0.3) is 0 Å². The number of anilines is 2. The second kappa shape index (κ2) is 6.30. The summed E-state index contributed by atoms with van der Waals surface area (Å²) in [5.41, 5.74) is 4.11. The number of hydrogen-bond acceptors (Lipinski definition) is 5. The molecule has 0 bridgehead atoms. The van der Waals surface area contributed by atoms with Gasteiger partial charge in [0.2, 0.25) is 5.95 Å². The molecule has 0 aliphatic carbocycles. The summed E-state index contributed by atoms with van der Waals surface area (Å²) in [6.45, 7) is 8.49. The second-order valence-corrected chi connectivity index (χ2v) is 4.82. The van der Waals surface area contributed by atoms with Crippen LogP contribution in [0.2, 0.25) is 0 Å². The lowest BCUT2D eigenvalue weighted by molar-refractivity contribution is 0.102. The van der Waals surface area contributed by atoms with Crippen molar-refractivity contribution in [3.63, 3.8) is 0 Å². The number of carbonyl (C=O) groups excluding carboxylic acids is 1. The van der Waals surface area contributed by atoms with Gasteiger partial charge in [0.1, 0.15) is 0 Å². The number of hydrogen-bond donors (Lipinski definition) is 2. The largest absolute Gasteiger partial charge is 0.385 e. The average molecular weight is 285 g/mol. The zero-order valence-electron chi connectivity index (χ0n) is 12.7. The van der Waals surface area contributed by atoms with Gasteiger partial charge in [0, 0.05) is 17.8 Å². The van der Waals surface area contributed by atoms with Crippen LogP contribution in [0.15, 0.2) is 18.2 Å². The van der Waals surface area contributed by atoms with Gasteiger partial charge >= 0.3 is 0 Å². The number of amides is 1. The molecule has 2 rings (SSSR count). The molecule has 1 amide bonds. The second-order valence-electron chi connectivity index (χ2n) is 4.82. The monoisotopic (exact) mass is 285 g/mol. The lowest BCUT2D eigenvalue weighted by Gasteiger charge is -2.09. The molecule has 1 heterocycles. The number of rotatable bonds is 4. The molecule has 6 heteroatoms. The van der Waals surface area contributed by atoms with Crippen molar-refractivity contribution in [2.75, 3.05) is 17.2 Å². The highest BCUT2D eigenvalue weighted by Crippen LogP contribution is 2.17. The summed E-state index contributed by atoms with van der Waals surface area (Å²) in [6, 6.07) is 5.50. The molecule has 1 aromatic carbocycles. The van der Waals surface area contributed by atoms with E-state index in [-0.39, 0.29) is 11.9 Å². The maximum Gasteiger partial charge on any atom is 0.258 e. The molecule has 0 unspecified atom stereocenters. The Kier molecular flexibility index (Phi) is 4.47. The Balaban J connectivity index is 2.16. The van der Waals surface area contributed by atoms with Crippen LogP contribution in [-0.4, -0.2) is 27.6 Å². The molecule has 0 saturated carbocycles. The molecular weight excluding hydrogens is 266 g/mol. The van der Waals surface area contributed by atoms with Gasteiger partial charge in [0.15, 0.2) is 0 Å². The van der Waals surface area contributed by atoms with E-state index in [1.807, 2.05) is 39.8 Å². The standard InChI is InChI=1S/C15H19N5O/c1-5-16-13-7-6-12(8-9(13)2)14(21)18-15-17-10(3)11(4)19-20-15/h6-8,16H,5H2,1-4H3,(H,17,18,20,21). The van der Waals surface area contributed by atoms with Crippen molar-refractivity contribution in [2.24, 2.45) is 0 Å². The number of benzene rings is 1. The molecular formula is C15H19N5O. The van der Waals surface area contributed by atoms with Crippen molar-refractivity contribution in [2.45, 2.75) is 27.7 Å². The van der Waals surface area contributed by atoms with E-state index in [4.69, 9.17) is 0 Å². The molecule has 0 spiro atoms. The first-order valence-electron chi connectivity index (χ1n) is 6.85. The van der Waals surface area contributed by atoms with Gasteiger partial charge in [0.25, 0.3) is 5.91 Å². The van der Waals surface area contributed by atoms with Gasteiger partial charge in [-0.25, -0.2) is 4.98 Å². The van der Waals surface area contributed by atoms with E-state index in [0.717, 1.165) is 29.2 Å². The lowest BCUT2D eigenvalue weighted by atomic mass is 10.1. The topological polar surface area (TPSA) is 79.8 Å². The van der Waals surface area contributed by atoms with Crippen molar-refractivity contribution < 1.29 is 4.79 Å². The molecule has 2 N–H and O–H groups in total. The van der Waals surface area contributed by atoms with E-state index in [1.54, 1.807) is 6.07 Å². The van der Waals surface area contributed by atoms with Gasteiger partial charge in [-0.3, -0.25) is 10.1 Å². The minimum Gasteiger partial charge on any atom is -0.385 e. The molecule has 0 radical (unpaired) electrons.